The van der Waals surface area contributed by atoms with Crippen LogP contribution < -0.4 is 5.32 Å². The van der Waals surface area contributed by atoms with E-state index >= 15 is 0 Å². The lowest BCUT2D eigenvalue weighted by atomic mass is 9.81. The molecule has 0 aromatic heterocycles. The molecule has 33 heavy (non-hydrogen) atoms. The number of hydrogen-bond donors (Lipinski definition) is 1. The lowest BCUT2D eigenvalue weighted by Gasteiger charge is -2.31. The highest BCUT2D eigenvalue weighted by molar-refractivity contribution is 7.91. The zero-order valence-corrected chi connectivity index (χ0v) is 21.0. The number of hydrogen-bond acceptors (Lipinski definition) is 5. The van der Waals surface area contributed by atoms with Gasteiger partial charge in [0, 0.05) is 12.5 Å². The molecule has 0 saturated carbocycles. The number of carbonyl (C=O) groups is 1. The van der Waals surface area contributed by atoms with Crippen LogP contribution in [-0.2, 0) is 30.1 Å². The summed E-state index contributed by atoms with van der Waals surface area (Å²) >= 11 is 0. The van der Waals surface area contributed by atoms with E-state index in [9.17, 15) is 13.2 Å². The molecular formula is C26H33NO5S. The molecule has 178 valence electrons. The van der Waals surface area contributed by atoms with Gasteiger partial charge in [-0.2, -0.15) is 0 Å². The average molecular weight is 472 g/mol. The molecule has 7 heteroatoms. The second-order valence-electron chi connectivity index (χ2n) is 11.0. The number of benzene rings is 2. The molecule has 1 amide bonds. The molecule has 4 rings (SSSR count). The molecule has 0 bridgehead atoms. The van der Waals surface area contributed by atoms with Crippen molar-refractivity contribution in [3.8, 4) is 0 Å². The van der Waals surface area contributed by atoms with Crippen molar-refractivity contribution in [2.45, 2.75) is 74.2 Å². The quantitative estimate of drug-likeness (QED) is 0.654. The first-order valence-electron chi connectivity index (χ1n) is 11.3. The maximum Gasteiger partial charge on any atom is 0.407 e. The lowest BCUT2D eigenvalue weighted by Crippen LogP contribution is -2.31. The van der Waals surface area contributed by atoms with Crippen LogP contribution in [0.25, 0.3) is 0 Å². The average Bonchev–Trinajstić information content (AvgIpc) is 3.55. The van der Waals surface area contributed by atoms with Gasteiger partial charge in [-0.3, -0.25) is 0 Å². The predicted octanol–water partition coefficient (Wildman–Crippen LogP) is 4.68. The zero-order chi connectivity index (χ0) is 24.2. The van der Waals surface area contributed by atoms with Gasteiger partial charge in [0.05, 0.1) is 22.5 Å². The molecule has 2 aliphatic rings. The molecule has 6 nitrogen and oxygen atoms in total. The molecule has 1 fully saturated rings. The molecule has 2 aromatic rings. The number of epoxide rings is 1. The number of carbonyl (C=O) groups excluding carboxylic acids is 1. The Bertz CT molecular complexity index is 1110. The summed E-state index contributed by atoms with van der Waals surface area (Å²) in [4.78, 5) is 12.9. The van der Waals surface area contributed by atoms with Crippen LogP contribution >= 0.6 is 0 Å². The van der Waals surface area contributed by atoms with Gasteiger partial charge in [0.2, 0.25) is 9.84 Å². The standard InChI is InChI=1S/C26H33NO5S/c1-25(2,3)16-7-9-22-19(11-16)21(15-32-24(28)27-13-18-14-31-18)20-12-17(26(4,5)6)8-10-23(20)33(22,29)30/h7-12,18,21H,13-15H2,1-6H3,(H,27,28). The second kappa shape index (κ2) is 8.13. The number of nitrogens with one attached hydrogen (secondary N) is 1. The third-order valence-electron chi connectivity index (χ3n) is 6.34. The molecule has 0 aliphatic carbocycles. The SMILES string of the molecule is CC(C)(C)c1ccc2c(c1)C(COC(=O)NCC1CO1)c1cc(C(C)(C)C)ccc1S2(=O)=O. The fourth-order valence-corrected chi connectivity index (χ4v) is 5.88. The van der Waals surface area contributed by atoms with Gasteiger partial charge < -0.3 is 14.8 Å². The minimum absolute atomic E-state index is 0.0497. The van der Waals surface area contributed by atoms with E-state index in [1.807, 2.05) is 24.3 Å². The van der Waals surface area contributed by atoms with Crippen molar-refractivity contribution >= 4 is 15.9 Å². The van der Waals surface area contributed by atoms with Crippen molar-refractivity contribution in [1.82, 2.24) is 5.32 Å². The van der Waals surface area contributed by atoms with Crippen LogP contribution in [0.4, 0.5) is 4.79 Å². The topological polar surface area (TPSA) is 85.0 Å². The zero-order valence-electron chi connectivity index (χ0n) is 20.2. The highest BCUT2D eigenvalue weighted by Gasteiger charge is 2.38. The monoisotopic (exact) mass is 471 g/mol. The highest BCUT2D eigenvalue weighted by atomic mass is 32.2. The Hall–Kier alpha value is -2.38. The van der Waals surface area contributed by atoms with Crippen molar-refractivity contribution < 1.29 is 22.7 Å². The highest BCUT2D eigenvalue weighted by Crippen LogP contribution is 2.44. The molecule has 1 N–H and O–H groups in total. The Balaban J connectivity index is 1.79. The summed E-state index contributed by atoms with van der Waals surface area (Å²) in [7, 11) is -3.68. The molecule has 2 aromatic carbocycles. The molecule has 2 aliphatic heterocycles. The van der Waals surface area contributed by atoms with E-state index in [2.05, 4.69) is 46.9 Å². The molecule has 1 atom stereocenters. The predicted molar refractivity (Wildman–Crippen MR) is 127 cm³/mol. The van der Waals surface area contributed by atoms with Gasteiger partial charge >= 0.3 is 6.09 Å². The van der Waals surface area contributed by atoms with Gasteiger partial charge in [-0.1, -0.05) is 65.8 Å². The van der Waals surface area contributed by atoms with Gasteiger partial charge in [0.1, 0.15) is 6.61 Å². The van der Waals surface area contributed by atoms with E-state index < -0.39 is 15.9 Å². The molecule has 0 radical (unpaired) electrons. The summed E-state index contributed by atoms with van der Waals surface area (Å²) in [6.07, 6.45) is -0.469. The summed E-state index contributed by atoms with van der Waals surface area (Å²) < 4.78 is 37.8. The number of amides is 1. The molecule has 0 spiro atoms. The molecule has 1 saturated heterocycles. The van der Waals surface area contributed by atoms with Crippen molar-refractivity contribution in [3.05, 3.63) is 58.7 Å². The van der Waals surface area contributed by atoms with Crippen LogP contribution in [0.2, 0.25) is 0 Å². The summed E-state index contributed by atoms with van der Waals surface area (Å²) in [5, 5.41) is 2.72. The smallest absolute Gasteiger partial charge is 0.407 e. The number of rotatable bonds is 4. The Morgan fingerprint density at radius 2 is 1.45 bits per heavy atom. The maximum atomic E-state index is 13.6. The van der Waals surface area contributed by atoms with E-state index in [0.29, 0.717) is 24.3 Å². The van der Waals surface area contributed by atoms with E-state index in [1.165, 1.54) is 0 Å². The van der Waals surface area contributed by atoms with Crippen LogP contribution in [0.3, 0.4) is 0 Å². The maximum absolute atomic E-state index is 13.6. The number of ether oxygens (including phenoxy) is 2. The van der Waals surface area contributed by atoms with E-state index in [-0.39, 0.29) is 39.2 Å². The molecular weight excluding hydrogens is 438 g/mol. The van der Waals surface area contributed by atoms with Crippen LogP contribution in [0.15, 0.2) is 46.2 Å². The number of alkyl carbamates (subject to hydrolysis) is 1. The largest absolute Gasteiger partial charge is 0.449 e. The van der Waals surface area contributed by atoms with Gasteiger partial charge in [-0.25, -0.2) is 13.2 Å². The first-order valence-corrected chi connectivity index (χ1v) is 12.8. The van der Waals surface area contributed by atoms with Gasteiger partial charge in [-0.15, -0.1) is 0 Å². The van der Waals surface area contributed by atoms with Crippen LogP contribution in [0.1, 0.15) is 69.7 Å². The fourth-order valence-electron chi connectivity index (χ4n) is 4.12. The van der Waals surface area contributed by atoms with Gasteiger partial charge in [-0.05, 0) is 45.2 Å². The summed E-state index contributed by atoms with van der Waals surface area (Å²) in [6, 6.07) is 11.1. The van der Waals surface area contributed by atoms with E-state index in [1.54, 1.807) is 12.1 Å². The summed E-state index contributed by atoms with van der Waals surface area (Å²) in [6.45, 7) is 13.7. The number of sulfone groups is 1. The van der Waals surface area contributed by atoms with Crippen LogP contribution in [0.5, 0.6) is 0 Å². The first kappa shape index (κ1) is 23.8. The molecule has 1 unspecified atom stereocenters. The third-order valence-corrected chi connectivity index (χ3v) is 8.24. The lowest BCUT2D eigenvalue weighted by molar-refractivity contribution is 0.141. The number of fused-ring (bicyclic) bond motifs is 2. The summed E-state index contributed by atoms with van der Waals surface area (Å²) in [5.41, 5.74) is 3.12. The van der Waals surface area contributed by atoms with Gasteiger partial charge in [0.15, 0.2) is 0 Å². The second-order valence-corrected chi connectivity index (χ2v) is 12.9. The Morgan fingerprint density at radius 1 is 0.970 bits per heavy atom. The summed E-state index contributed by atoms with van der Waals surface area (Å²) in [5.74, 6) is -0.383. The van der Waals surface area contributed by atoms with Crippen molar-refractivity contribution in [2.75, 3.05) is 19.8 Å². The Kier molecular flexibility index (Phi) is 5.86. The van der Waals surface area contributed by atoms with Crippen molar-refractivity contribution in [2.24, 2.45) is 0 Å². The van der Waals surface area contributed by atoms with Crippen molar-refractivity contribution in [1.29, 1.82) is 0 Å². The van der Waals surface area contributed by atoms with Gasteiger partial charge in [0.25, 0.3) is 0 Å². The van der Waals surface area contributed by atoms with E-state index in [4.69, 9.17) is 9.47 Å². The fraction of sp³-hybridized carbons (Fsp3) is 0.500. The van der Waals surface area contributed by atoms with Crippen LogP contribution in [0, 0.1) is 0 Å². The minimum atomic E-state index is -3.68. The first-order chi connectivity index (χ1) is 15.3. The van der Waals surface area contributed by atoms with Crippen LogP contribution in [-0.4, -0.2) is 40.4 Å². The molecule has 2 heterocycles. The third kappa shape index (κ3) is 4.80. The van der Waals surface area contributed by atoms with Crippen molar-refractivity contribution in [3.63, 3.8) is 0 Å². The minimum Gasteiger partial charge on any atom is -0.449 e. The normalized spacial score (nSPS) is 19.4. The van der Waals surface area contributed by atoms with E-state index in [0.717, 1.165) is 11.1 Å². The Labute approximate surface area is 196 Å². The Morgan fingerprint density at radius 3 is 1.88 bits per heavy atom.